The van der Waals surface area contributed by atoms with E-state index < -0.39 is 0 Å². The number of amidine groups is 1. The van der Waals surface area contributed by atoms with Crippen molar-refractivity contribution in [2.24, 2.45) is 4.99 Å². The first kappa shape index (κ1) is 24.9. The molecule has 2 aliphatic heterocycles. The smallest absolute Gasteiger partial charge is 0.253 e. The summed E-state index contributed by atoms with van der Waals surface area (Å²) in [4.78, 5) is 18.8. The number of hydrogen-bond donors (Lipinski definition) is 3. The molecular formula is C26H33N5O3. The van der Waals surface area contributed by atoms with Crippen LogP contribution in [-0.4, -0.2) is 56.1 Å². The fourth-order valence-electron chi connectivity index (χ4n) is 3.83. The van der Waals surface area contributed by atoms with E-state index in [0.29, 0.717) is 36.9 Å². The van der Waals surface area contributed by atoms with Gasteiger partial charge in [0.15, 0.2) is 0 Å². The SMILES string of the molecule is C=CN=C(/C=C(\C)Nc1ccccc1C(=O)NC)N/C(C=C)=C/C1=C(C)N2CCOCC2CO1. The normalized spacial score (nSPS) is 19.1. The number of para-hydroxylation sites is 1. The van der Waals surface area contributed by atoms with E-state index >= 15 is 0 Å². The molecule has 0 radical (unpaired) electrons. The minimum atomic E-state index is -0.162. The van der Waals surface area contributed by atoms with Crippen molar-refractivity contribution in [2.75, 3.05) is 38.7 Å². The lowest BCUT2D eigenvalue weighted by molar-refractivity contribution is -0.0343. The van der Waals surface area contributed by atoms with Gasteiger partial charge in [0, 0.05) is 37.3 Å². The molecule has 8 heteroatoms. The van der Waals surface area contributed by atoms with Crippen molar-refractivity contribution in [2.45, 2.75) is 19.9 Å². The van der Waals surface area contributed by atoms with Crippen molar-refractivity contribution in [3.63, 3.8) is 0 Å². The number of fused-ring (bicyclic) bond motifs is 1. The third kappa shape index (κ3) is 6.17. The minimum Gasteiger partial charge on any atom is -0.489 e. The summed E-state index contributed by atoms with van der Waals surface area (Å²) in [6, 6.07) is 7.56. The molecule has 1 atom stereocenters. The number of morpholine rings is 1. The number of carbonyl (C=O) groups excluding carboxylic acids is 1. The third-order valence-electron chi connectivity index (χ3n) is 5.54. The van der Waals surface area contributed by atoms with Crippen molar-refractivity contribution in [1.29, 1.82) is 0 Å². The number of nitrogens with zero attached hydrogens (tertiary/aromatic N) is 2. The lowest BCUT2D eigenvalue weighted by Gasteiger charge is -2.41. The Morgan fingerprint density at radius 2 is 2.06 bits per heavy atom. The van der Waals surface area contributed by atoms with E-state index in [-0.39, 0.29) is 11.9 Å². The molecule has 8 nitrogen and oxygen atoms in total. The molecule has 1 unspecified atom stereocenters. The average Bonchev–Trinajstić information content (AvgIpc) is 2.85. The largest absolute Gasteiger partial charge is 0.489 e. The highest BCUT2D eigenvalue weighted by Gasteiger charge is 2.29. The zero-order valence-electron chi connectivity index (χ0n) is 20.1. The molecule has 34 heavy (non-hydrogen) atoms. The molecule has 1 saturated heterocycles. The van der Waals surface area contributed by atoms with E-state index in [1.807, 2.05) is 37.3 Å². The highest BCUT2D eigenvalue weighted by molar-refractivity contribution is 6.00. The number of nitrogens with one attached hydrogen (secondary N) is 3. The van der Waals surface area contributed by atoms with Gasteiger partial charge in [-0.25, -0.2) is 4.99 Å². The Labute approximate surface area is 201 Å². The Hall–Kier alpha value is -3.78. The van der Waals surface area contributed by atoms with E-state index in [0.717, 1.165) is 29.4 Å². The van der Waals surface area contributed by atoms with Gasteiger partial charge in [-0.2, -0.15) is 0 Å². The van der Waals surface area contributed by atoms with Gasteiger partial charge in [0.1, 0.15) is 18.2 Å². The van der Waals surface area contributed by atoms with E-state index in [2.05, 4.69) is 45.9 Å². The molecule has 2 heterocycles. The molecule has 1 amide bonds. The van der Waals surface area contributed by atoms with Crippen molar-refractivity contribution in [3.8, 4) is 0 Å². The molecule has 0 bridgehead atoms. The van der Waals surface area contributed by atoms with E-state index in [1.165, 1.54) is 6.20 Å². The number of ether oxygens (including phenoxy) is 2. The lowest BCUT2D eigenvalue weighted by Crippen LogP contribution is -2.49. The first-order chi connectivity index (χ1) is 16.5. The van der Waals surface area contributed by atoms with Crippen LogP contribution in [0.4, 0.5) is 5.69 Å². The number of anilines is 1. The Bertz CT molecular complexity index is 1050. The summed E-state index contributed by atoms with van der Waals surface area (Å²) < 4.78 is 11.6. The van der Waals surface area contributed by atoms with Crippen molar-refractivity contribution >= 4 is 17.4 Å². The number of allylic oxidation sites excluding steroid dienone is 4. The molecule has 0 saturated carbocycles. The highest BCUT2D eigenvalue weighted by atomic mass is 16.5. The molecule has 0 spiro atoms. The van der Waals surface area contributed by atoms with Gasteiger partial charge >= 0.3 is 0 Å². The maximum atomic E-state index is 12.2. The Kier molecular flexibility index (Phi) is 8.70. The van der Waals surface area contributed by atoms with Crippen molar-refractivity contribution < 1.29 is 14.3 Å². The zero-order chi connectivity index (χ0) is 24.5. The van der Waals surface area contributed by atoms with Gasteiger partial charge in [0.25, 0.3) is 5.91 Å². The molecule has 0 aliphatic carbocycles. The van der Waals surface area contributed by atoms with Crippen LogP contribution < -0.4 is 16.0 Å². The van der Waals surface area contributed by atoms with Crippen LogP contribution in [0.15, 0.2) is 89.7 Å². The number of carbonyl (C=O) groups is 1. The quantitative estimate of drug-likeness (QED) is 0.311. The number of amides is 1. The van der Waals surface area contributed by atoms with Crippen LogP contribution in [0.25, 0.3) is 0 Å². The predicted octanol–water partition coefficient (Wildman–Crippen LogP) is 3.53. The fourth-order valence-corrected chi connectivity index (χ4v) is 3.83. The maximum absolute atomic E-state index is 12.2. The highest BCUT2D eigenvalue weighted by Crippen LogP contribution is 2.25. The third-order valence-corrected chi connectivity index (χ3v) is 5.54. The predicted molar refractivity (Wildman–Crippen MR) is 136 cm³/mol. The molecule has 180 valence electrons. The van der Waals surface area contributed by atoms with Crippen LogP contribution in [0.5, 0.6) is 0 Å². The lowest BCUT2D eigenvalue weighted by atomic mass is 10.1. The van der Waals surface area contributed by atoms with Gasteiger partial charge in [0.05, 0.1) is 36.2 Å². The van der Waals surface area contributed by atoms with Gasteiger partial charge in [-0.05, 0) is 38.1 Å². The standard InChI is InChI=1S/C26H33N5O3/c1-6-20(15-24-19(4)31-12-13-33-16-21(31)17-34-24)30-25(28-7-2)14-18(3)29-23-11-9-8-10-22(23)26(32)27-5/h6-11,14-15,21,29H,1-2,12-13,16-17H2,3-5H3,(H,27,32)(H,28,30)/b18-14+,20-15+. The second-order valence-electron chi connectivity index (χ2n) is 7.89. The van der Waals surface area contributed by atoms with Crippen LogP contribution in [0.1, 0.15) is 24.2 Å². The van der Waals surface area contributed by atoms with Crippen LogP contribution >= 0.6 is 0 Å². The first-order valence-electron chi connectivity index (χ1n) is 11.2. The van der Waals surface area contributed by atoms with Crippen LogP contribution in [0.3, 0.4) is 0 Å². The molecule has 3 rings (SSSR count). The molecule has 1 fully saturated rings. The van der Waals surface area contributed by atoms with Gasteiger partial charge in [-0.15, -0.1) is 0 Å². The summed E-state index contributed by atoms with van der Waals surface area (Å²) in [5.74, 6) is 1.18. The van der Waals surface area contributed by atoms with Crippen molar-refractivity contribution in [3.05, 3.63) is 90.3 Å². The molecular weight excluding hydrogens is 430 g/mol. The molecule has 1 aromatic carbocycles. The van der Waals surface area contributed by atoms with Gasteiger partial charge in [-0.1, -0.05) is 25.3 Å². The van der Waals surface area contributed by atoms with Crippen LogP contribution in [-0.2, 0) is 9.47 Å². The topological polar surface area (TPSA) is 87.2 Å². The monoisotopic (exact) mass is 463 g/mol. The summed E-state index contributed by atoms with van der Waals surface area (Å²) in [6.45, 7) is 14.4. The summed E-state index contributed by atoms with van der Waals surface area (Å²) in [5, 5.41) is 9.21. The molecule has 2 aliphatic rings. The number of benzene rings is 1. The Morgan fingerprint density at radius 3 is 2.79 bits per heavy atom. The maximum Gasteiger partial charge on any atom is 0.253 e. The minimum absolute atomic E-state index is 0.162. The second-order valence-corrected chi connectivity index (χ2v) is 7.89. The molecule has 1 aromatic rings. The van der Waals surface area contributed by atoms with Crippen molar-refractivity contribution in [1.82, 2.24) is 15.5 Å². The molecule has 3 N–H and O–H groups in total. The van der Waals surface area contributed by atoms with Gasteiger partial charge < -0.3 is 30.3 Å². The first-order valence-corrected chi connectivity index (χ1v) is 11.2. The summed E-state index contributed by atoms with van der Waals surface area (Å²) >= 11 is 0. The number of rotatable bonds is 8. The van der Waals surface area contributed by atoms with Crippen LogP contribution in [0, 0.1) is 0 Å². The van der Waals surface area contributed by atoms with Gasteiger partial charge in [-0.3, -0.25) is 4.79 Å². The fraction of sp³-hybridized carbons (Fsp3) is 0.308. The summed E-state index contributed by atoms with van der Waals surface area (Å²) in [5.41, 5.74) is 3.84. The Balaban J connectivity index is 1.79. The Morgan fingerprint density at radius 1 is 1.26 bits per heavy atom. The number of aliphatic imine (C=N–C) groups is 1. The van der Waals surface area contributed by atoms with E-state index in [9.17, 15) is 4.79 Å². The summed E-state index contributed by atoms with van der Waals surface area (Å²) in [7, 11) is 1.61. The summed E-state index contributed by atoms with van der Waals surface area (Å²) in [6.07, 6.45) is 6.93. The van der Waals surface area contributed by atoms with Crippen LogP contribution in [0.2, 0.25) is 0 Å². The zero-order valence-corrected chi connectivity index (χ0v) is 20.1. The van der Waals surface area contributed by atoms with E-state index in [4.69, 9.17) is 9.47 Å². The average molecular weight is 464 g/mol. The molecule has 0 aromatic heterocycles. The van der Waals surface area contributed by atoms with E-state index in [1.54, 1.807) is 19.2 Å². The second kappa shape index (κ2) is 11.9. The number of hydrogen-bond acceptors (Lipinski definition) is 6. The van der Waals surface area contributed by atoms with Gasteiger partial charge in [0.2, 0.25) is 0 Å².